The minimum Gasteiger partial charge on any atom is -0.375 e. The highest BCUT2D eigenvalue weighted by molar-refractivity contribution is 5.63. The second-order valence-electron chi connectivity index (χ2n) is 8.59. The predicted octanol–water partition coefficient (Wildman–Crippen LogP) is 6.52. The fourth-order valence-electron chi connectivity index (χ4n) is 5.08. The molecule has 4 atom stereocenters. The highest BCUT2D eigenvalue weighted by Crippen LogP contribution is 2.48. The second-order valence-corrected chi connectivity index (χ2v) is 8.59. The second kappa shape index (κ2) is 8.57. The van der Waals surface area contributed by atoms with Crippen LogP contribution < -0.4 is 0 Å². The Hall–Kier alpha value is -2.00. The smallest absolute Gasteiger partial charge is 0.123 e. The van der Waals surface area contributed by atoms with Crippen molar-refractivity contribution in [2.24, 2.45) is 17.8 Å². The molecule has 2 nitrogen and oxygen atoms in total. The van der Waals surface area contributed by atoms with Crippen LogP contribution >= 0.6 is 0 Å². The molecule has 28 heavy (non-hydrogen) atoms. The summed E-state index contributed by atoms with van der Waals surface area (Å²) in [6.45, 7) is 4.27. The third-order valence-electron chi connectivity index (χ3n) is 6.31. The molecule has 0 radical (unpaired) electrons. The molecular weight excluding hydrogens is 349 g/mol. The molecule has 0 aliphatic heterocycles. The van der Waals surface area contributed by atoms with Gasteiger partial charge in [0.25, 0.3) is 0 Å². The number of benzene rings is 1. The van der Waals surface area contributed by atoms with Crippen LogP contribution in [-0.2, 0) is 4.74 Å². The lowest BCUT2D eigenvalue weighted by Crippen LogP contribution is -2.24. The highest BCUT2D eigenvalue weighted by atomic mass is 19.1. The van der Waals surface area contributed by atoms with E-state index in [0.29, 0.717) is 12.0 Å². The normalized spacial score (nSPS) is 27.4. The maximum atomic E-state index is 13.4. The molecule has 0 saturated heterocycles. The lowest BCUT2D eigenvalue weighted by molar-refractivity contribution is -0.00818. The van der Waals surface area contributed by atoms with Crippen molar-refractivity contribution in [3.8, 4) is 11.1 Å². The SMILES string of the molecule is CC(C)O[C@H]1C[C@H]2CCCC[C@@H]2[C@@H]1C=Cc1ccc(-c2cccc(F)c2)cn1. The number of hydrogen-bond donors (Lipinski definition) is 0. The zero-order valence-corrected chi connectivity index (χ0v) is 16.9. The quantitative estimate of drug-likeness (QED) is 0.590. The van der Waals surface area contributed by atoms with Crippen LogP contribution in [-0.4, -0.2) is 17.2 Å². The van der Waals surface area contributed by atoms with Crippen LogP contribution in [0.1, 0.15) is 51.6 Å². The first-order valence-corrected chi connectivity index (χ1v) is 10.7. The molecule has 1 aromatic carbocycles. The van der Waals surface area contributed by atoms with Crippen LogP contribution in [0.2, 0.25) is 0 Å². The van der Waals surface area contributed by atoms with Crippen molar-refractivity contribution in [1.82, 2.24) is 4.98 Å². The predicted molar refractivity (Wildman–Crippen MR) is 112 cm³/mol. The molecule has 0 amide bonds. The van der Waals surface area contributed by atoms with Crippen LogP contribution in [0.4, 0.5) is 4.39 Å². The minimum absolute atomic E-state index is 0.221. The van der Waals surface area contributed by atoms with Crippen molar-refractivity contribution in [2.45, 2.75) is 58.2 Å². The number of pyridine rings is 1. The van der Waals surface area contributed by atoms with E-state index in [1.807, 2.05) is 24.4 Å². The Bertz CT molecular complexity index is 814. The molecule has 1 aromatic heterocycles. The highest BCUT2D eigenvalue weighted by Gasteiger charge is 2.43. The van der Waals surface area contributed by atoms with Gasteiger partial charge in [0.1, 0.15) is 5.82 Å². The third kappa shape index (κ3) is 4.35. The number of hydrogen-bond acceptors (Lipinski definition) is 2. The van der Waals surface area contributed by atoms with Crippen LogP contribution in [0.25, 0.3) is 17.2 Å². The maximum absolute atomic E-state index is 13.4. The lowest BCUT2D eigenvalue weighted by atomic mass is 9.78. The van der Waals surface area contributed by atoms with Crippen LogP contribution in [0, 0.1) is 23.6 Å². The average Bonchev–Trinajstić information content (AvgIpc) is 3.03. The van der Waals surface area contributed by atoms with Crippen molar-refractivity contribution >= 4 is 6.08 Å². The van der Waals surface area contributed by atoms with Gasteiger partial charge in [0, 0.05) is 17.7 Å². The van der Waals surface area contributed by atoms with Gasteiger partial charge in [0.15, 0.2) is 0 Å². The molecule has 2 aliphatic carbocycles. The van der Waals surface area contributed by atoms with Gasteiger partial charge >= 0.3 is 0 Å². The molecule has 3 heteroatoms. The van der Waals surface area contributed by atoms with E-state index < -0.39 is 0 Å². The van der Waals surface area contributed by atoms with Gasteiger partial charge in [-0.15, -0.1) is 0 Å². The summed E-state index contributed by atoms with van der Waals surface area (Å²) in [4.78, 5) is 4.59. The number of aromatic nitrogens is 1. The third-order valence-corrected chi connectivity index (χ3v) is 6.31. The monoisotopic (exact) mass is 379 g/mol. The Morgan fingerprint density at radius 3 is 2.71 bits per heavy atom. The van der Waals surface area contributed by atoms with E-state index in [2.05, 4.69) is 31.0 Å². The Morgan fingerprint density at radius 1 is 1.11 bits per heavy atom. The van der Waals surface area contributed by atoms with Gasteiger partial charge < -0.3 is 4.74 Å². The first kappa shape index (κ1) is 19.3. The van der Waals surface area contributed by atoms with Gasteiger partial charge in [-0.25, -0.2) is 4.39 Å². The van der Waals surface area contributed by atoms with Crippen molar-refractivity contribution < 1.29 is 9.13 Å². The molecule has 2 fully saturated rings. The van der Waals surface area contributed by atoms with Gasteiger partial charge in [-0.05, 0) is 68.4 Å². The molecule has 0 bridgehead atoms. The Labute approximate surface area is 167 Å². The summed E-state index contributed by atoms with van der Waals surface area (Å²) in [5.41, 5.74) is 2.74. The van der Waals surface area contributed by atoms with Gasteiger partial charge in [-0.2, -0.15) is 0 Å². The van der Waals surface area contributed by atoms with Gasteiger partial charge in [-0.1, -0.05) is 43.5 Å². The number of rotatable bonds is 5. The van der Waals surface area contributed by atoms with Crippen molar-refractivity contribution in [3.63, 3.8) is 0 Å². The molecular formula is C25H30FNO. The van der Waals surface area contributed by atoms with E-state index in [1.54, 1.807) is 12.1 Å². The molecule has 0 unspecified atom stereocenters. The Kier molecular flexibility index (Phi) is 5.91. The number of fused-ring (bicyclic) bond motifs is 1. The van der Waals surface area contributed by atoms with Crippen molar-refractivity contribution in [3.05, 3.63) is 60.2 Å². The van der Waals surface area contributed by atoms with E-state index in [4.69, 9.17) is 4.74 Å². The molecule has 0 N–H and O–H groups in total. The number of halogens is 1. The van der Waals surface area contributed by atoms with E-state index in [9.17, 15) is 4.39 Å². The maximum Gasteiger partial charge on any atom is 0.123 e. The lowest BCUT2D eigenvalue weighted by Gasteiger charge is -2.28. The summed E-state index contributed by atoms with van der Waals surface area (Å²) >= 11 is 0. The average molecular weight is 380 g/mol. The Balaban J connectivity index is 1.50. The summed E-state index contributed by atoms with van der Waals surface area (Å²) < 4.78 is 19.7. The van der Waals surface area contributed by atoms with Crippen LogP contribution in [0.3, 0.4) is 0 Å². The molecule has 148 valence electrons. The number of ether oxygens (including phenoxy) is 1. The molecule has 4 rings (SSSR count). The Morgan fingerprint density at radius 2 is 1.96 bits per heavy atom. The summed E-state index contributed by atoms with van der Waals surface area (Å²) in [6.07, 6.45) is 13.5. The first-order valence-electron chi connectivity index (χ1n) is 10.7. The summed E-state index contributed by atoms with van der Waals surface area (Å²) in [5, 5.41) is 0. The topological polar surface area (TPSA) is 22.1 Å². The first-order chi connectivity index (χ1) is 13.6. The molecule has 2 aliphatic rings. The van der Waals surface area contributed by atoms with Crippen molar-refractivity contribution in [1.29, 1.82) is 0 Å². The number of nitrogens with zero attached hydrogens (tertiary/aromatic N) is 1. The molecule has 2 aromatic rings. The van der Waals surface area contributed by atoms with Gasteiger partial charge in [-0.3, -0.25) is 4.98 Å². The summed E-state index contributed by atoms with van der Waals surface area (Å²) in [7, 11) is 0. The van der Waals surface area contributed by atoms with E-state index >= 15 is 0 Å². The standard InChI is InChI=1S/C25H30FNO/c1-17(2)28-25-15-19-6-3-4-9-23(19)24(25)13-12-22-11-10-20(16-27-22)18-7-5-8-21(26)14-18/h5,7-8,10-14,16-17,19,23-25H,3-4,6,9,15H2,1-2H3/t19-,23+,24+,25+/m1/s1. The molecule has 0 spiro atoms. The molecule has 2 saturated carbocycles. The van der Waals surface area contributed by atoms with E-state index in [0.717, 1.165) is 28.7 Å². The summed E-state index contributed by atoms with van der Waals surface area (Å²) in [6, 6.07) is 10.7. The summed E-state index contributed by atoms with van der Waals surface area (Å²) in [5.74, 6) is 1.83. The fourth-order valence-corrected chi connectivity index (χ4v) is 5.08. The zero-order valence-electron chi connectivity index (χ0n) is 16.9. The van der Waals surface area contributed by atoms with E-state index in [1.165, 1.54) is 38.2 Å². The fraction of sp³-hybridized carbons (Fsp3) is 0.480. The largest absolute Gasteiger partial charge is 0.375 e. The molecule has 1 heterocycles. The van der Waals surface area contributed by atoms with Gasteiger partial charge in [0.2, 0.25) is 0 Å². The van der Waals surface area contributed by atoms with Crippen LogP contribution in [0.15, 0.2) is 48.7 Å². The van der Waals surface area contributed by atoms with Crippen LogP contribution in [0.5, 0.6) is 0 Å². The van der Waals surface area contributed by atoms with Crippen molar-refractivity contribution in [2.75, 3.05) is 0 Å². The minimum atomic E-state index is -0.221. The van der Waals surface area contributed by atoms with Gasteiger partial charge in [0.05, 0.1) is 17.9 Å². The zero-order chi connectivity index (χ0) is 19.5. The van der Waals surface area contributed by atoms with E-state index in [-0.39, 0.29) is 11.9 Å².